The van der Waals surface area contributed by atoms with Crippen molar-refractivity contribution in [2.45, 2.75) is 6.10 Å². The Morgan fingerprint density at radius 1 is 1.56 bits per heavy atom. The molecule has 0 aliphatic heterocycles. The summed E-state index contributed by atoms with van der Waals surface area (Å²) in [6, 6.07) is 0.646. The van der Waals surface area contributed by atoms with Gasteiger partial charge in [0.2, 0.25) is 0 Å². The summed E-state index contributed by atoms with van der Waals surface area (Å²) in [4.78, 5) is 11.0. The van der Waals surface area contributed by atoms with Gasteiger partial charge in [-0.3, -0.25) is 0 Å². The van der Waals surface area contributed by atoms with Gasteiger partial charge in [-0.2, -0.15) is 0 Å². The first-order valence-electron chi connectivity index (χ1n) is 4.05. The summed E-state index contributed by atoms with van der Waals surface area (Å²) in [6.07, 6.45) is -1.89. The fourth-order valence-corrected chi connectivity index (χ4v) is 1.62. The number of esters is 1. The largest absolute Gasteiger partial charge is 0.504 e. The van der Waals surface area contributed by atoms with Crippen molar-refractivity contribution in [2.24, 2.45) is 0 Å². The molecule has 1 rings (SSSR count). The minimum atomic E-state index is -1.89. The van der Waals surface area contributed by atoms with Crippen LogP contribution in [0.1, 0.15) is 11.7 Å². The Morgan fingerprint density at radius 2 is 2.12 bits per heavy atom. The molecule has 16 heavy (non-hydrogen) atoms. The predicted octanol–water partition coefficient (Wildman–Crippen LogP) is 1.21. The lowest BCUT2D eigenvalue weighted by atomic mass is 10.1. The van der Waals surface area contributed by atoms with Crippen molar-refractivity contribution in [3.05, 3.63) is 21.9 Å². The molecular weight excluding hydrogens is 287 g/mol. The number of halogens is 2. The van der Waals surface area contributed by atoms with Crippen molar-refractivity contribution in [3.63, 3.8) is 0 Å². The molecule has 1 aromatic rings. The van der Waals surface area contributed by atoms with E-state index in [-0.39, 0.29) is 4.47 Å². The Labute approximate surface area is 98.2 Å². The maximum Gasteiger partial charge on any atom is 0.339 e. The van der Waals surface area contributed by atoms with Gasteiger partial charge in [-0.15, -0.1) is 0 Å². The molecule has 3 N–H and O–H groups in total. The van der Waals surface area contributed by atoms with Crippen molar-refractivity contribution >= 4 is 21.9 Å². The summed E-state index contributed by atoms with van der Waals surface area (Å²) in [5.41, 5.74) is -0.482. The van der Waals surface area contributed by atoms with Crippen LogP contribution >= 0.6 is 15.9 Å². The molecule has 5 nitrogen and oxygen atoms in total. The van der Waals surface area contributed by atoms with Gasteiger partial charge in [-0.1, -0.05) is 0 Å². The highest BCUT2D eigenvalue weighted by molar-refractivity contribution is 9.10. The van der Waals surface area contributed by atoms with Gasteiger partial charge in [0.15, 0.2) is 17.6 Å². The van der Waals surface area contributed by atoms with E-state index in [9.17, 15) is 19.4 Å². The van der Waals surface area contributed by atoms with Gasteiger partial charge < -0.3 is 20.1 Å². The van der Waals surface area contributed by atoms with Crippen LogP contribution in [0, 0.1) is 5.82 Å². The van der Waals surface area contributed by atoms with Crippen LogP contribution in [0.2, 0.25) is 0 Å². The Hall–Kier alpha value is -1.34. The van der Waals surface area contributed by atoms with Gasteiger partial charge >= 0.3 is 5.97 Å². The number of phenols is 2. The van der Waals surface area contributed by atoms with Gasteiger partial charge in [0, 0.05) is 6.07 Å². The second kappa shape index (κ2) is 4.67. The van der Waals surface area contributed by atoms with Gasteiger partial charge in [0.05, 0.1) is 17.1 Å². The quantitative estimate of drug-likeness (QED) is 0.564. The lowest BCUT2D eigenvalue weighted by Crippen LogP contribution is -2.14. The average molecular weight is 295 g/mol. The number of aromatic hydroxyl groups is 2. The number of aliphatic hydroxyl groups is 1. The Bertz CT molecular complexity index is 408. The van der Waals surface area contributed by atoms with E-state index in [1.807, 2.05) is 0 Å². The molecule has 7 heteroatoms. The molecule has 1 aromatic carbocycles. The number of benzene rings is 1. The zero-order valence-electron chi connectivity index (χ0n) is 8.07. The van der Waals surface area contributed by atoms with Crippen molar-refractivity contribution in [2.75, 3.05) is 7.11 Å². The summed E-state index contributed by atoms with van der Waals surface area (Å²) in [5.74, 6) is -3.57. The minimum absolute atomic E-state index is 0.319. The van der Waals surface area contributed by atoms with E-state index in [0.717, 1.165) is 7.11 Å². The standard InChI is InChI=1S/C9H8BrFO5/c1-16-9(15)8(14)5-6(10)3(11)2-4(12)7(5)13/h2,8,12-14H,1H3. The van der Waals surface area contributed by atoms with Crippen molar-refractivity contribution < 1.29 is 29.2 Å². The van der Waals surface area contributed by atoms with Crippen LogP contribution in [0.5, 0.6) is 11.5 Å². The van der Waals surface area contributed by atoms with Crippen LogP contribution in [0.3, 0.4) is 0 Å². The Kier molecular flexibility index (Phi) is 3.71. The number of hydrogen-bond acceptors (Lipinski definition) is 5. The smallest absolute Gasteiger partial charge is 0.339 e. The van der Waals surface area contributed by atoms with Crippen LogP contribution < -0.4 is 0 Å². The van der Waals surface area contributed by atoms with E-state index in [1.54, 1.807) is 0 Å². The van der Waals surface area contributed by atoms with Crippen molar-refractivity contribution in [3.8, 4) is 11.5 Å². The fourth-order valence-electron chi connectivity index (χ4n) is 1.10. The fraction of sp³-hybridized carbons (Fsp3) is 0.222. The van der Waals surface area contributed by atoms with E-state index >= 15 is 0 Å². The van der Waals surface area contributed by atoms with E-state index in [1.165, 1.54) is 0 Å². The predicted molar refractivity (Wildman–Crippen MR) is 54.4 cm³/mol. The molecule has 0 heterocycles. The molecule has 1 unspecified atom stereocenters. The van der Waals surface area contributed by atoms with Crippen LogP contribution in [-0.2, 0) is 9.53 Å². The number of phenolic OH excluding ortho intramolecular Hbond substituents is 2. The highest BCUT2D eigenvalue weighted by Gasteiger charge is 2.28. The minimum Gasteiger partial charge on any atom is -0.504 e. The second-order valence-corrected chi connectivity index (χ2v) is 3.67. The van der Waals surface area contributed by atoms with Gasteiger partial charge in [0.1, 0.15) is 5.82 Å². The number of rotatable bonds is 2. The number of aliphatic hydroxyl groups excluding tert-OH is 1. The number of ether oxygens (including phenoxy) is 1. The van der Waals surface area contributed by atoms with E-state index < -0.39 is 35.0 Å². The SMILES string of the molecule is COC(=O)C(O)c1c(O)c(O)cc(F)c1Br. The molecule has 0 aliphatic carbocycles. The number of hydrogen-bond donors (Lipinski definition) is 3. The molecule has 0 bridgehead atoms. The zero-order chi connectivity index (χ0) is 12.5. The molecule has 0 saturated carbocycles. The topological polar surface area (TPSA) is 87.0 Å². The first kappa shape index (κ1) is 12.7. The first-order chi connectivity index (χ1) is 7.40. The molecule has 0 amide bonds. The normalized spacial score (nSPS) is 12.2. The summed E-state index contributed by atoms with van der Waals surface area (Å²) >= 11 is 2.75. The molecular formula is C9H8BrFO5. The maximum atomic E-state index is 13.2. The molecule has 1 atom stereocenters. The van der Waals surface area contributed by atoms with Crippen LogP contribution in [0.4, 0.5) is 4.39 Å². The zero-order valence-corrected chi connectivity index (χ0v) is 9.65. The number of methoxy groups -OCH3 is 1. The Morgan fingerprint density at radius 3 is 2.62 bits per heavy atom. The molecule has 0 fully saturated rings. The third kappa shape index (κ3) is 2.10. The summed E-state index contributed by atoms with van der Waals surface area (Å²) < 4.78 is 17.1. The molecule has 0 aromatic heterocycles. The third-order valence-corrected chi connectivity index (χ3v) is 2.71. The van der Waals surface area contributed by atoms with E-state index in [0.29, 0.717) is 6.07 Å². The van der Waals surface area contributed by atoms with Crippen LogP contribution in [0.15, 0.2) is 10.5 Å². The van der Waals surface area contributed by atoms with Gasteiger partial charge in [-0.05, 0) is 15.9 Å². The number of carbonyl (C=O) groups excluding carboxylic acids is 1. The monoisotopic (exact) mass is 294 g/mol. The third-order valence-electron chi connectivity index (χ3n) is 1.91. The van der Waals surface area contributed by atoms with Crippen LogP contribution in [-0.4, -0.2) is 28.4 Å². The Balaban J connectivity index is 3.37. The number of carbonyl (C=O) groups is 1. The van der Waals surface area contributed by atoms with E-state index in [2.05, 4.69) is 20.7 Å². The lowest BCUT2D eigenvalue weighted by Gasteiger charge is -2.13. The lowest BCUT2D eigenvalue weighted by molar-refractivity contribution is -0.150. The first-order valence-corrected chi connectivity index (χ1v) is 4.85. The highest BCUT2D eigenvalue weighted by atomic mass is 79.9. The van der Waals surface area contributed by atoms with E-state index in [4.69, 9.17) is 5.11 Å². The van der Waals surface area contributed by atoms with Crippen molar-refractivity contribution in [1.29, 1.82) is 0 Å². The van der Waals surface area contributed by atoms with Gasteiger partial charge in [0.25, 0.3) is 0 Å². The summed E-state index contributed by atoms with van der Waals surface area (Å²) in [7, 11) is 1.02. The van der Waals surface area contributed by atoms with Crippen molar-refractivity contribution in [1.82, 2.24) is 0 Å². The molecule has 0 saturated heterocycles. The van der Waals surface area contributed by atoms with Crippen LogP contribution in [0.25, 0.3) is 0 Å². The molecule has 0 spiro atoms. The van der Waals surface area contributed by atoms with Gasteiger partial charge in [-0.25, -0.2) is 9.18 Å². The second-order valence-electron chi connectivity index (χ2n) is 2.88. The summed E-state index contributed by atoms with van der Waals surface area (Å²) in [5, 5.41) is 28.0. The molecule has 0 radical (unpaired) electrons. The maximum absolute atomic E-state index is 13.2. The highest BCUT2D eigenvalue weighted by Crippen LogP contribution is 2.40. The molecule has 88 valence electrons. The summed E-state index contributed by atoms with van der Waals surface area (Å²) in [6.45, 7) is 0. The average Bonchev–Trinajstić information content (AvgIpc) is 2.25. The molecule has 0 aliphatic rings.